The fraction of sp³-hybridized carbons (Fsp3) is 0.682. The van der Waals surface area contributed by atoms with Gasteiger partial charge in [0.25, 0.3) is 0 Å². The predicted molar refractivity (Wildman–Crippen MR) is 132 cm³/mol. The van der Waals surface area contributed by atoms with Gasteiger partial charge in [-0.1, -0.05) is 6.42 Å². The van der Waals surface area contributed by atoms with Gasteiger partial charge in [0.05, 0.1) is 20.8 Å². The fourth-order valence-electron chi connectivity index (χ4n) is 3.40. The molecule has 172 valence electrons. The molecule has 0 heterocycles. The number of rotatable bonds is 13. The highest BCUT2D eigenvalue weighted by Gasteiger charge is 2.36. The molecule has 0 bridgehead atoms. The first-order valence-corrected chi connectivity index (χ1v) is 10.5. The first-order chi connectivity index (χ1) is 14.1. The summed E-state index contributed by atoms with van der Waals surface area (Å²) in [6.07, 6.45) is 5.74. The van der Waals surface area contributed by atoms with E-state index in [1.54, 1.807) is 21.3 Å². The maximum Gasteiger partial charge on any atom is 0.191 e. The summed E-state index contributed by atoms with van der Waals surface area (Å²) in [5, 5.41) is 6.74. The van der Waals surface area contributed by atoms with Crippen molar-refractivity contribution in [1.29, 1.82) is 0 Å². The fourth-order valence-corrected chi connectivity index (χ4v) is 3.40. The highest BCUT2D eigenvalue weighted by atomic mass is 127. The van der Waals surface area contributed by atoms with Gasteiger partial charge in [-0.25, -0.2) is 0 Å². The lowest BCUT2D eigenvalue weighted by molar-refractivity contribution is 0.0778. The van der Waals surface area contributed by atoms with Crippen molar-refractivity contribution in [3.8, 4) is 17.2 Å². The van der Waals surface area contributed by atoms with Crippen molar-refractivity contribution in [3.05, 3.63) is 18.2 Å². The number of nitrogens with zero attached hydrogens (tertiary/aromatic N) is 1. The molecule has 0 aromatic heterocycles. The average Bonchev–Trinajstić information content (AvgIpc) is 2.71. The molecular weight excluding hydrogens is 497 g/mol. The van der Waals surface area contributed by atoms with E-state index in [9.17, 15) is 0 Å². The van der Waals surface area contributed by atoms with Gasteiger partial charge in [0.15, 0.2) is 5.96 Å². The molecule has 1 saturated carbocycles. The quantitative estimate of drug-likeness (QED) is 0.173. The van der Waals surface area contributed by atoms with E-state index in [4.69, 9.17) is 23.9 Å². The summed E-state index contributed by atoms with van der Waals surface area (Å²) in [6, 6.07) is 5.55. The SMILES string of the molecule is CCNC(=NCC1(CCOC)CCC1)NCCCOc1cc(OC)cc(OC)c1.I. The first-order valence-electron chi connectivity index (χ1n) is 10.5. The maximum atomic E-state index is 5.84. The van der Waals surface area contributed by atoms with Crippen molar-refractivity contribution in [2.75, 3.05) is 54.2 Å². The molecule has 0 radical (unpaired) electrons. The molecule has 2 rings (SSSR count). The minimum Gasteiger partial charge on any atom is -0.496 e. The number of hydrogen-bond acceptors (Lipinski definition) is 5. The van der Waals surface area contributed by atoms with Gasteiger partial charge in [-0.05, 0) is 38.0 Å². The number of ether oxygens (including phenoxy) is 4. The van der Waals surface area contributed by atoms with Gasteiger partial charge in [-0.3, -0.25) is 4.99 Å². The van der Waals surface area contributed by atoms with E-state index in [0.717, 1.165) is 62.3 Å². The lowest BCUT2D eigenvalue weighted by Crippen LogP contribution is -2.40. The molecule has 8 heteroatoms. The largest absolute Gasteiger partial charge is 0.496 e. The highest BCUT2D eigenvalue weighted by molar-refractivity contribution is 14.0. The maximum absolute atomic E-state index is 5.84. The van der Waals surface area contributed by atoms with Crippen LogP contribution >= 0.6 is 24.0 Å². The Morgan fingerprint density at radius 1 is 1.00 bits per heavy atom. The second-order valence-corrected chi connectivity index (χ2v) is 7.47. The highest BCUT2D eigenvalue weighted by Crippen LogP contribution is 2.44. The lowest BCUT2D eigenvalue weighted by atomic mass is 9.67. The first kappa shape index (κ1) is 26.6. The number of hydrogen-bond donors (Lipinski definition) is 2. The van der Waals surface area contributed by atoms with Crippen LogP contribution in [0.1, 0.15) is 39.0 Å². The van der Waals surface area contributed by atoms with Gasteiger partial charge in [0, 0.05) is 51.6 Å². The Morgan fingerprint density at radius 2 is 1.67 bits per heavy atom. The van der Waals surface area contributed by atoms with Crippen molar-refractivity contribution in [1.82, 2.24) is 10.6 Å². The zero-order chi connectivity index (χ0) is 21.0. The van der Waals surface area contributed by atoms with Crippen LogP contribution in [-0.4, -0.2) is 60.1 Å². The van der Waals surface area contributed by atoms with E-state index in [2.05, 4.69) is 17.6 Å². The summed E-state index contributed by atoms with van der Waals surface area (Å²) < 4.78 is 21.7. The molecule has 30 heavy (non-hydrogen) atoms. The molecule has 1 aromatic rings. The van der Waals surface area contributed by atoms with Crippen molar-refractivity contribution < 1.29 is 18.9 Å². The van der Waals surface area contributed by atoms with Gasteiger partial charge >= 0.3 is 0 Å². The summed E-state index contributed by atoms with van der Waals surface area (Å²) in [4.78, 5) is 4.83. The molecule has 1 aromatic carbocycles. The van der Waals surface area contributed by atoms with Crippen LogP contribution in [0.3, 0.4) is 0 Å². The molecule has 0 aliphatic heterocycles. The summed E-state index contributed by atoms with van der Waals surface area (Å²) in [5.74, 6) is 3.06. The average molecular weight is 535 g/mol. The molecule has 1 aliphatic carbocycles. The summed E-state index contributed by atoms with van der Waals surface area (Å²) in [6.45, 7) is 5.98. The van der Waals surface area contributed by atoms with Gasteiger partial charge in [-0.15, -0.1) is 24.0 Å². The molecule has 1 fully saturated rings. The molecule has 1 aliphatic rings. The molecule has 0 saturated heterocycles. The number of benzene rings is 1. The number of aliphatic imine (C=N–C) groups is 1. The molecule has 7 nitrogen and oxygen atoms in total. The smallest absolute Gasteiger partial charge is 0.191 e. The van der Waals surface area contributed by atoms with Crippen LogP contribution in [0.5, 0.6) is 17.2 Å². The Labute approximate surface area is 198 Å². The van der Waals surface area contributed by atoms with Gasteiger partial charge in [0.1, 0.15) is 17.2 Å². The van der Waals surface area contributed by atoms with Crippen LogP contribution in [-0.2, 0) is 4.74 Å². The topological polar surface area (TPSA) is 73.3 Å². The lowest BCUT2D eigenvalue weighted by Gasteiger charge is -2.40. The third-order valence-corrected chi connectivity index (χ3v) is 5.37. The Hall–Kier alpha value is -1.42. The van der Waals surface area contributed by atoms with E-state index >= 15 is 0 Å². The normalized spacial score (nSPS) is 14.9. The van der Waals surface area contributed by atoms with Gasteiger partial charge in [-0.2, -0.15) is 0 Å². The number of methoxy groups -OCH3 is 3. The van der Waals surface area contributed by atoms with Crippen LogP contribution in [0.25, 0.3) is 0 Å². The second kappa shape index (κ2) is 14.6. The molecule has 2 N–H and O–H groups in total. The molecule has 0 unspecified atom stereocenters. The third kappa shape index (κ3) is 8.75. The van der Waals surface area contributed by atoms with Crippen molar-refractivity contribution in [2.24, 2.45) is 10.4 Å². The van der Waals surface area contributed by atoms with E-state index < -0.39 is 0 Å². The van der Waals surface area contributed by atoms with Crippen LogP contribution in [0.4, 0.5) is 0 Å². The van der Waals surface area contributed by atoms with Crippen molar-refractivity contribution in [3.63, 3.8) is 0 Å². The molecule has 0 atom stereocenters. The number of nitrogens with one attached hydrogen (secondary N) is 2. The predicted octanol–water partition coefficient (Wildman–Crippen LogP) is 3.85. The van der Waals surface area contributed by atoms with Crippen LogP contribution in [0.2, 0.25) is 0 Å². The van der Waals surface area contributed by atoms with Crippen molar-refractivity contribution >= 4 is 29.9 Å². The van der Waals surface area contributed by atoms with E-state index in [1.165, 1.54) is 19.3 Å². The second-order valence-electron chi connectivity index (χ2n) is 7.47. The third-order valence-electron chi connectivity index (χ3n) is 5.37. The Kier molecular flexibility index (Phi) is 12.9. The zero-order valence-corrected chi connectivity index (χ0v) is 21.1. The number of guanidine groups is 1. The minimum absolute atomic E-state index is 0. The van der Waals surface area contributed by atoms with Crippen LogP contribution in [0, 0.1) is 5.41 Å². The summed E-state index contributed by atoms with van der Waals surface area (Å²) in [7, 11) is 5.03. The van der Waals surface area contributed by atoms with Crippen LogP contribution < -0.4 is 24.8 Å². The monoisotopic (exact) mass is 535 g/mol. The minimum atomic E-state index is 0. The zero-order valence-electron chi connectivity index (χ0n) is 18.8. The summed E-state index contributed by atoms with van der Waals surface area (Å²) in [5.41, 5.74) is 0.326. The van der Waals surface area contributed by atoms with E-state index in [1.807, 2.05) is 18.2 Å². The van der Waals surface area contributed by atoms with Gasteiger partial charge < -0.3 is 29.6 Å². The molecule has 0 amide bonds. The Bertz CT molecular complexity index is 617. The van der Waals surface area contributed by atoms with E-state index in [0.29, 0.717) is 12.0 Å². The van der Waals surface area contributed by atoms with Crippen LogP contribution in [0.15, 0.2) is 23.2 Å². The molecular formula is C22H38IN3O4. The standard InChI is InChI=1S/C22H37N3O4.HI/c1-5-23-21(25-17-22(8-6-9-22)10-13-26-2)24-11-7-12-29-20-15-18(27-3)14-19(16-20)28-4;/h14-16H,5-13,17H2,1-4H3,(H2,23,24,25);1H. The number of halogens is 1. The van der Waals surface area contributed by atoms with E-state index in [-0.39, 0.29) is 24.0 Å². The Morgan fingerprint density at radius 3 is 2.20 bits per heavy atom. The van der Waals surface area contributed by atoms with Gasteiger partial charge in [0.2, 0.25) is 0 Å². The summed E-state index contributed by atoms with van der Waals surface area (Å²) >= 11 is 0. The Balaban J connectivity index is 0.00000450. The molecule has 0 spiro atoms. The van der Waals surface area contributed by atoms with Crippen molar-refractivity contribution in [2.45, 2.75) is 39.0 Å².